The lowest BCUT2D eigenvalue weighted by Crippen LogP contribution is -2.11. The summed E-state index contributed by atoms with van der Waals surface area (Å²) in [5.74, 6) is 1.01. The van der Waals surface area contributed by atoms with Crippen molar-refractivity contribution in [1.82, 2.24) is 5.32 Å². The topological polar surface area (TPSA) is 29.1 Å². The van der Waals surface area contributed by atoms with Gasteiger partial charge in [-0.1, -0.05) is 70.6 Å². The van der Waals surface area contributed by atoms with Crippen LogP contribution in [0.5, 0.6) is 0 Å². The zero-order chi connectivity index (χ0) is 12.2. The van der Waals surface area contributed by atoms with E-state index in [1.807, 2.05) is 0 Å². The highest BCUT2D eigenvalue weighted by Gasteiger charge is 2.10. The van der Waals surface area contributed by atoms with Gasteiger partial charge >= 0.3 is 6.41 Å². The van der Waals surface area contributed by atoms with Gasteiger partial charge in [-0.05, 0) is 12.3 Å². The molecule has 2 nitrogen and oxygen atoms in total. The molecule has 0 aliphatic heterocycles. The van der Waals surface area contributed by atoms with Gasteiger partial charge in [-0.2, -0.15) is 0 Å². The Bertz CT molecular complexity index is 174. The fourth-order valence-electron chi connectivity index (χ4n) is 2.88. The second kappa shape index (κ2) is 10.6. The molecule has 1 saturated carbocycles. The predicted molar refractivity (Wildman–Crippen MR) is 72.6 cm³/mol. The van der Waals surface area contributed by atoms with Gasteiger partial charge < -0.3 is 5.32 Å². The minimum Gasteiger partial charge on any atom is -0.348 e. The highest BCUT2D eigenvalue weighted by atomic mass is 16.1. The average Bonchev–Trinajstić information content (AvgIpc) is 2.30. The van der Waals surface area contributed by atoms with Gasteiger partial charge in [0.2, 0.25) is 0 Å². The van der Waals surface area contributed by atoms with Gasteiger partial charge in [-0.25, -0.2) is 0 Å². The van der Waals surface area contributed by atoms with E-state index in [0.29, 0.717) is 0 Å². The van der Waals surface area contributed by atoms with E-state index in [-0.39, 0.29) is 0 Å². The molecule has 1 N–H and O–H groups in total. The molecule has 0 bridgehead atoms. The van der Waals surface area contributed by atoms with Gasteiger partial charge in [0.1, 0.15) is 0 Å². The third-order valence-electron chi connectivity index (χ3n) is 3.96. The Balaban J connectivity index is 1.91. The standard InChI is InChI=1S/C15H28NO/c17-14-16-13-9-5-4-8-12-15-10-6-2-1-3-7-11-15/h15H,1-13H2,(H,16,17). The number of hydrogen-bond acceptors (Lipinski definition) is 1. The molecule has 1 fully saturated rings. The van der Waals surface area contributed by atoms with Gasteiger partial charge in [0.15, 0.2) is 0 Å². The van der Waals surface area contributed by atoms with Crippen molar-refractivity contribution in [1.29, 1.82) is 0 Å². The van der Waals surface area contributed by atoms with Crippen molar-refractivity contribution in [3.8, 4) is 0 Å². The SMILES string of the molecule is O=[C]NCCCCCCC1CCCCCCC1. The zero-order valence-corrected chi connectivity index (χ0v) is 11.2. The van der Waals surface area contributed by atoms with Crippen LogP contribution in [0.4, 0.5) is 0 Å². The Labute approximate surface area is 107 Å². The summed E-state index contributed by atoms with van der Waals surface area (Å²) in [5, 5.41) is 2.60. The van der Waals surface area contributed by atoms with E-state index in [9.17, 15) is 4.79 Å². The third kappa shape index (κ3) is 8.23. The fourth-order valence-corrected chi connectivity index (χ4v) is 2.88. The third-order valence-corrected chi connectivity index (χ3v) is 3.96. The van der Waals surface area contributed by atoms with Crippen LogP contribution in [0.1, 0.15) is 77.0 Å². The smallest absolute Gasteiger partial charge is 0.309 e. The Morgan fingerprint density at radius 2 is 1.53 bits per heavy atom. The maximum absolute atomic E-state index is 9.92. The van der Waals surface area contributed by atoms with Crippen molar-refractivity contribution in [2.75, 3.05) is 6.54 Å². The van der Waals surface area contributed by atoms with E-state index in [0.717, 1.165) is 18.9 Å². The summed E-state index contributed by atoms with van der Waals surface area (Å²) in [6, 6.07) is 0. The van der Waals surface area contributed by atoms with Crippen molar-refractivity contribution in [3.63, 3.8) is 0 Å². The normalized spacial score (nSPS) is 18.4. The van der Waals surface area contributed by atoms with Crippen LogP contribution in [0.15, 0.2) is 0 Å². The summed E-state index contributed by atoms with van der Waals surface area (Å²) < 4.78 is 0. The highest BCUT2D eigenvalue weighted by Crippen LogP contribution is 2.26. The van der Waals surface area contributed by atoms with Crippen molar-refractivity contribution in [3.05, 3.63) is 0 Å². The van der Waals surface area contributed by atoms with Gasteiger partial charge in [-0.15, -0.1) is 0 Å². The Morgan fingerprint density at radius 3 is 2.24 bits per heavy atom. The van der Waals surface area contributed by atoms with E-state index < -0.39 is 0 Å². The minimum atomic E-state index is 0.799. The number of rotatable bonds is 8. The predicted octanol–water partition coefficient (Wildman–Crippen LogP) is 3.95. The lowest BCUT2D eigenvalue weighted by Gasteiger charge is -2.19. The van der Waals surface area contributed by atoms with Crippen LogP contribution < -0.4 is 5.32 Å². The van der Waals surface area contributed by atoms with E-state index in [2.05, 4.69) is 5.32 Å². The summed E-state index contributed by atoms with van der Waals surface area (Å²) in [5.41, 5.74) is 0. The average molecular weight is 238 g/mol. The Kier molecular flexibility index (Phi) is 9.07. The fraction of sp³-hybridized carbons (Fsp3) is 0.933. The van der Waals surface area contributed by atoms with Crippen molar-refractivity contribution in [2.45, 2.75) is 77.0 Å². The van der Waals surface area contributed by atoms with Crippen LogP contribution in [-0.4, -0.2) is 13.0 Å². The summed E-state index contributed by atoms with van der Waals surface area (Å²) in [4.78, 5) is 9.92. The lowest BCUT2D eigenvalue weighted by atomic mass is 9.87. The van der Waals surface area contributed by atoms with E-state index in [1.165, 1.54) is 70.6 Å². The zero-order valence-electron chi connectivity index (χ0n) is 11.2. The molecule has 2 heteroatoms. The van der Waals surface area contributed by atoms with Crippen LogP contribution in [-0.2, 0) is 4.79 Å². The first kappa shape index (κ1) is 14.5. The van der Waals surface area contributed by atoms with Crippen molar-refractivity contribution < 1.29 is 4.79 Å². The molecule has 0 aromatic heterocycles. The van der Waals surface area contributed by atoms with Crippen LogP contribution in [0.2, 0.25) is 0 Å². The second-order valence-electron chi connectivity index (χ2n) is 5.44. The molecule has 1 aliphatic rings. The highest BCUT2D eigenvalue weighted by molar-refractivity contribution is 5.46. The van der Waals surface area contributed by atoms with Gasteiger partial charge in [0, 0.05) is 6.54 Å². The Morgan fingerprint density at radius 1 is 0.882 bits per heavy atom. The lowest BCUT2D eigenvalue weighted by molar-refractivity contribution is 0.347. The molecule has 17 heavy (non-hydrogen) atoms. The molecule has 1 radical (unpaired) electrons. The number of unbranched alkanes of at least 4 members (excludes halogenated alkanes) is 3. The minimum absolute atomic E-state index is 0.799. The Hall–Kier alpha value is -0.530. The van der Waals surface area contributed by atoms with E-state index in [4.69, 9.17) is 0 Å². The molecule has 0 aromatic carbocycles. The second-order valence-corrected chi connectivity index (χ2v) is 5.44. The van der Waals surface area contributed by atoms with Crippen LogP contribution >= 0.6 is 0 Å². The van der Waals surface area contributed by atoms with Crippen LogP contribution in [0.3, 0.4) is 0 Å². The molecule has 0 unspecified atom stereocenters. The summed E-state index contributed by atoms with van der Waals surface area (Å²) in [6.45, 7) is 0.799. The number of amides is 1. The van der Waals surface area contributed by atoms with E-state index >= 15 is 0 Å². The van der Waals surface area contributed by atoms with Gasteiger partial charge in [0.05, 0.1) is 0 Å². The van der Waals surface area contributed by atoms with Gasteiger partial charge in [0.25, 0.3) is 0 Å². The molecule has 0 aromatic rings. The molecular weight excluding hydrogens is 210 g/mol. The first-order chi connectivity index (χ1) is 8.43. The maximum atomic E-state index is 9.92. The number of nitrogens with one attached hydrogen (secondary N) is 1. The van der Waals surface area contributed by atoms with Crippen molar-refractivity contribution in [2.24, 2.45) is 5.92 Å². The maximum Gasteiger partial charge on any atom is 0.309 e. The molecule has 1 rings (SSSR count). The number of carbonyl (C=O) groups excluding carboxylic acids is 1. The molecule has 1 amide bonds. The first-order valence-corrected chi connectivity index (χ1v) is 7.53. The van der Waals surface area contributed by atoms with E-state index in [1.54, 1.807) is 6.41 Å². The number of hydrogen-bond donors (Lipinski definition) is 1. The molecular formula is C15H28NO. The largest absolute Gasteiger partial charge is 0.348 e. The van der Waals surface area contributed by atoms with Crippen LogP contribution in [0.25, 0.3) is 0 Å². The van der Waals surface area contributed by atoms with Crippen LogP contribution in [0, 0.1) is 5.92 Å². The molecule has 0 atom stereocenters. The quantitative estimate of drug-likeness (QED) is 0.503. The molecule has 0 spiro atoms. The summed E-state index contributed by atoms with van der Waals surface area (Å²) in [6.07, 6.45) is 18.5. The molecule has 1 aliphatic carbocycles. The first-order valence-electron chi connectivity index (χ1n) is 7.53. The monoisotopic (exact) mass is 238 g/mol. The summed E-state index contributed by atoms with van der Waals surface area (Å²) >= 11 is 0. The van der Waals surface area contributed by atoms with Crippen molar-refractivity contribution >= 4 is 6.41 Å². The molecule has 99 valence electrons. The molecule has 0 heterocycles. The molecule has 0 saturated heterocycles. The summed E-state index contributed by atoms with van der Waals surface area (Å²) in [7, 11) is 0. The van der Waals surface area contributed by atoms with Gasteiger partial charge in [-0.3, -0.25) is 4.79 Å².